The Morgan fingerprint density at radius 3 is 2.58 bits per heavy atom. The van der Waals surface area contributed by atoms with E-state index in [4.69, 9.17) is 16.7 Å². The summed E-state index contributed by atoms with van der Waals surface area (Å²) in [6.45, 7) is 0. The fourth-order valence-electron chi connectivity index (χ4n) is 1.30. The SMILES string of the molecule is O=C(O)c1sc(-c2ncccc2Cl)nc1C(F)(F)F. The second-order valence-corrected chi connectivity index (χ2v) is 4.74. The Balaban J connectivity index is 2.62. The highest BCUT2D eigenvalue weighted by Crippen LogP contribution is 2.38. The number of carbonyl (C=O) groups is 1. The number of carboxylic acids is 1. The van der Waals surface area contributed by atoms with Crippen LogP contribution >= 0.6 is 22.9 Å². The third-order valence-corrected chi connectivity index (χ3v) is 3.41. The molecule has 0 bridgehead atoms. The van der Waals surface area contributed by atoms with Gasteiger partial charge in [0, 0.05) is 6.20 Å². The molecule has 0 aromatic carbocycles. The second kappa shape index (κ2) is 4.78. The van der Waals surface area contributed by atoms with Crippen LogP contribution in [0.2, 0.25) is 5.02 Å². The molecule has 0 fully saturated rings. The minimum Gasteiger partial charge on any atom is -0.477 e. The quantitative estimate of drug-likeness (QED) is 0.921. The lowest BCUT2D eigenvalue weighted by Gasteiger charge is -2.02. The first-order valence-corrected chi connectivity index (χ1v) is 5.92. The first kappa shape index (κ1) is 13.8. The standard InChI is InChI=1S/C10H4ClF3N2O2S/c11-4-2-1-3-15-5(4)8-16-7(10(12,13)14)6(19-8)9(17)18/h1-3H,(H,17,18). The fourth-order valence-corrected chi connectivity index (χ4v) is 2.50. The van der Waals surface area contributed by atoms with Crippen LogP contribution in [0.25, 0.3) is 10.7 Å². The summed E-state index contributed by atoms with van der Waals surface area (Å²) in [6, 6.07) is 2.93. The summed E-state index contributed by atoms with van der Waals surface area (Å²) < 4.78 is 38.0. The Morgan fingerprint density at radius 1 is 1.42 bits per heavy atom. The number of aromatic carboxylic acids is 1. The monoisotopic (exact) mass is 308 g/mol. The van der Waals surface area contributed by atoms with Crippen molar-refractivity contribution >= 4 is 28.9 Å². The summed E-state index contributed by atoms with van der Waals surface area (Å²) in [5.41, 5.74) is -1.42. The van der Waals surface area contributed by atoms with Gasteiger partial charge in [0.2, 0.25) is 0 Å². The molecule has 0 atom stereocenters. The van der Waals surface area contributed by atoms with E-state index >= 15 is 0 Å². The fraction of sp³-hybridized carbons (Fsp3) is 0.100. The molecule has 0 saturated heterocycles. The van der Waals surface area contributed by atoms with Gasteiger partial charge in [0.1, 0.15) is 15.6 Å². The van der Waals surface area contributed by atoms with E-state index in [1.807, 2.05) is 0 Å². The summed E-state index contributed by atoms with van der Waals surface area (Å²) in [6.07, 6.45) is -3.51. The van der Waals surface area contributed by atoms with Crippen LogP contribution in [-0.4, -0.2) is 21.0 Å². The first-order valence-electron chi connectivity index (χ1n) is 4.73. The minimum absolute atomic E-state index is 0.0205. The summed E-state index contributed by atoms with van der Waals surface area (Å²) in [4.78, 5) is 17.0. The normalized spacial score (nSPS) is 11.6. The van der Waals surface area contributed by atoms with Crippen molar-refractivity contribution in [2.24, 2.45) is 0 Å². The van der Waals surface area contributed by atoms with Gasteiger partial charge in [-0.25, -0.2) is 9.78 Å². The van der Waals surface area contributed by atoms with Crippen LogP contribution < -0.4 is 0 Å². The van der Waals surface area contributed by atoms with Crippen molar-refractivity contribution in [1.82, 2.24) is 9.97 Å². The number of hydrogen-bond donors (Lipinski definition) is 1. The van der Waals surface area contributed by atoms with Crippen molar-refractivity contribution in [2.45, 2.75) is 6.18 Å². The van der Waals surface area contributed by atoms with E-state index in [-0.39, 0.29) is 15.7 Å². The number of thiazole rings is 1. The molecule has 2 aromatic rings. The lowest BCUT2D eigenvalue weighted by Crippen LogP contribution is -2.11. The molecule has 9 heteroatoms. The van der Waals surface area contributed by atoms with Gasteiger partial charge < -0.3 is 5.11 Å². The van der Waals surface area contributed by atoms with E-state index in [9.17, 15) is 18.0 Å². The topological polar surface area (TPSA) is 63.1 Å². The zero-order valence-electron chi connectivity index (χ0n) is 8.90. The third kappa shape index (κ3) is 2.69. The number of pyridine rings is 1. The summed E-state index contributed by atoms with van der Waals surface area (Å²) in [5, 5.41) is 8.69. The average Bonchev–Trinajstić information content (AvgIpc) is 2.74. The Bertz CT molecular complexity index is 642. The molecule has 2 aromatic heterocycles. The molecule has 1 N–H and O–H groups in total. The van der Waals surface area contributed by atoms with Gasteiger partial charge in [0.15, 0.2) is 5.69 Å². The molecule has 2 heterocycles. The van der Waals surface area contributed by atoms with E-state index in [1.165, 1.54) is 18.3 Å². The number of alkyl halides is 3. The predicted molar refractivity (Wildman–Crippen MR) is 62.3 cm³/mol. The van der Waals surface area contributed by atoms with Crippen LogP contribution in [0.1, 0.15) is 15.4 Å². The lowest BCUT2D eigenvalue weighted by atomic mass is 10.3. The Hall–Kier alpha value is -1.67. The molecule has 2 rings (SSSR count). The molecular weight excluding hydrogens is 305 g/mol. The highest BCUT2D eigenvalue weighted by molar-refractivity contribution is 7.17. The number of rotatable bonds is 2. The molecule has 0 aliphatic rings. The van der Waals surface area contributed by atoms with Gasteiger partial charge in [0.05, 0.1) is 5.02 Å². The maximum atomic E-state index is 12.7. The molecule has 19 heavy (non-hydrogen) atoms. The summed E-state index contributed by atoms with van der Waals surface area (Å²) >= 11 is 6.17. The average molecular weight is 309 g/mol. The Morgan fingerprint density at radius 2 is 2.11 bits per heavy atom. The van der Waals surface area contributed by atoms with Gasteiger partial charge in [0.25, 0.3) is 0 Å². The van der Waals surface area contributed by atoms with E-state index in [1.54, 1.807) is 0 Å². The molecule has 0 unspecified atom stereocenters. The molecule has 0 amide bonds. The number of nitrogens with zero attached hydrogens (tertiary/aromatic N) is 2. The molecule has 100 valence electrons. The molecule has 0 saturated carbocycles. The summed E-state index contributed by atoms with van der Waals surface area (Å²) in [7, 11) is 0. The lowest BCUT2D eigenvalue weighted by molar-refractivity contribution is -0.141. The maximum Gasteiger partial charge on any atom is 0.435 e. The number of hydrogen-bond acceptors (Lipinski definition) is 4. The van der Waals surface area contributed by atoms with Crippen LogP contribution in [0.4, 0.5) is 13.2 Å². The van der Waals surface area contributed by atoms with Crippen molar-refractivity contribution in [1.29, 1.82) is 0 Å². The first-order chi connectivity index (χ1) is 8.80. The smallest absolute Gasteiger partial charge is 0.435 e. The molecular formula is C10H4ClF3N2O2S. The molecule has 0 aliphatic heterocycles. The molecule has 0 aliphatic carbocycles. The number of carboxylic acid groups (broad SMARTS) is 1. The maximum absolute atomic E-state index is 12.7. The van der Waals surface area contributed by atoms with Crippen molar-refractivity contribution in [3.05, 3.63) is 33.9 Å². The predicted octanol–water partition coefficient (Wildman–Crippen LogP) is 3.58. The van der Waals surface area contributed by atoms with Crippen LogP contribution in [-0.2, 0) is 6.18 Å². The minimum atomic E-state index is -4.84. The van der Waals surface area contributed by atoms with Gasteiger partial charge >= 0.3 is 12.1 Å². The number of halogens is 4. The largest absolute Gasteiger partial charge is 0.477 e. The summed E-state index contributed by atoms with van der Waals surface area (Å²) in [5.74, 6) is -1.69. The highest BCUT2D eigenvalue weighted by Gasteiger charge is 2.40. The van der Waals surface area contributed by atoms with Gasteiger partial charge in [-0.05, 0) is 12.1 Å². The van der Waals surface area contributed by atoms with Gasteiger partial charge in [-0.1, -0.05) is 11.6 Å². The highest BCUT2D eigenvalue weighted by atomic mass is 35.5. The van der Waals surface area contributed by atoms with Crippen LogP contribution in [0.3, 0.4) is 0 Å². The van der Waals surface area contributed by atoms with E-state index in [2.05, 4.69) is 9.97 Å². The molecule has 0 radical (unpaired) electrons. The second-order valence-electron chi connectivity index (χ2n) is 3.33. The van der Waals surface area contributed by atoms with E-state index in [0.717, 1.165) is 0 Å². The van der Waals surface area contributed by atoms with E-state index < -0.39 is 22.7 Å². The molecule has 0 spiro atoms. The van der Waals surface area contributed by atoms with Gasteiger partial charge in [-0.15, -0.1) is 11.3 Å². The van der Waals surface area contributed by atoms with Crippen molar-refractivity contribution in [3.8, 4) is 10.7 Å². The van der Waals surface area contributed by atoms with Crippen molar-refractivity contribution in [2.75, 3.05) is 0 Å². The Kier molecular flexibility index (Phi) is 3.46. The number of aromatic nitrogens is 2. The van der Waals surface area contributed by atoms with Crippen LogP contribution in [0.5, 0.6) is 0 Å². The van der Waals surface area contributed by atoms with Crippen LogP contribution in [0, 0.1) is 0 Å². The third-order valence-electron chi connectivity index (χ3n) is 2.05. The van der Waals surface area contributed by atoms with Gasteiger partial charge in [-0.2, -0.15) is 13.2 Å². The zero-order chi connectivity index (χ0) is 14.2. The van der Waals surface area contributed by atoms with Crippen molar-refractivity contribution < 1.29 is 23.1 Å². The molecule has 4 nitrogen and oxygen atoms in total. The zero-order valence-corrected chi connectivity index (χ0v) is 10.5. The van der Waals surface area contributed by atoms with E-state index in [0.29, 0.717) is 11.3 Å². The Labute approximate surface area is 113 Å². The van der Waals surface area contributed by atoms with Crippen molar-refractivity contribution in [3.63, 3.8) is 0 Å². The van der Waals surface area contributed by atoms with Gasteiger partial charge in [-0.3, -0.25) is 4.98 Å². The van der Waals surface area contributed by atoms with Crippen LogP contribution in [0.15, 0.2) is 18.3 Å².